The van der Waals surface area contributed by atoms with Crippen LogP contribution in [0.15, 0.2) is 24.3 Å². The Hall–Kier alpha value is -0.643. The van der Waals surface area contributed by atoms with Crippen molar-refractivity contribution in [3.8, 4) is 0 Å². The predicted molar refractivity (Wildman–Crippen MR) is 52.0 cm³/mol. The maximum absolute atomic E-state index is 5.24. The van der Waals surface area contributed by atoms with E-state index < -0.39 is 9.28 Å². The first-order valence-corrected chi connectivity index (χ1v) is 5.42. The van der Waals surface area contributed by atoms with Gasteiger partial charge in [-0.15, -0.1) is 0 Å². The van der Waals surface area contributed by atoms with Crippen LogP contribution in [0.3, 0.4) is 0 Å². The Morgan fingerprint density at radius 1 is 1.00 bits per heavy atom. The second-order valence-corrected chi connectivity index (χ2v) is 4.99. The molecule has 0 heterocycles. The summed E-state index contributed by atoms with van der Waals surface area (Å²) < 4.78 is 10.5. The van der Waals surface area contributed by atoms with Crippen molar-refractivity contribution in [1.29, 1.82) is 0 Å². The minimum Gasteiger partial charge on any atom is -0.397 e. The summed E-state index contributed by atoms with van der Waals surface area (Å²) in [6.07, 6.45) is 0. The predicted octanol–water partition coefficient (Wildman–Crippen LogP) is 0.715. The molecule has 0 bridgehead atoms. The van der Waals surface area contributed by atoms with Crippen LogP contribution in [0.2, 0.25) is 0 Å². The smallest absolute Gasteiger partial charge is 0.355 e. The molecule has 0 saturated carbocycles. The molecular weight excluding hydrogens is 168 g/mol. The topological polar surface area (TPSA) is 18.5 Å². The summed E-state index contributed by atoms with van der Waals surface area (Å²) >= 11 is 0. The van der Waals surface area contributed by atoms with Gasteiger partial charge in [0.15, 0.2) is 0 Å². The van der Waals surface area contributed by atoms with E-state index in [-0.39, 0.29) is 0 Å². The van der Waals surface area contributed by atoms with Gasteiger partial charge in [0, 0.05) is 14.2 Å². The van der Waals surface area contributed by atoms with Gasteiger partial charge in [0.2, 0.25) is 0 Å². The highest BCUT2D eigenvalue weighted by atomic mass is 28.3. The molecule has 0 unspecified atom stereocenters. The lowest BCUT2D eigenvalue weighted by Crippen LogP contribution is -2.34. The largest absolute Gasteiger partial charge is 0.397 e. The summed E-state index contributed by atoms with van der Waals surface area (Å²) in [6, 6.07) is 8.29. The van der Waals surface area contributed by atoms with Crippen LogP contribution in [-0.4, -0.2) is 23.5 Å². The van der Waals surface area contributed by atoms with E-state index in [9.17, 15) is 0 Å². The van der Waals surface area contributed by atoms with Gasteiger partial charge in [-0.2, -0.15) is 0 Å². The van der Waals surface area contributed by atoms with E-state index in [1.165, 1.54) is 10.8 Å². The van der Waals surface area contributed by atoms with Gasteiger partial charge in [0.05, 0.1) is 0 Å². The Kier molecular flexibility index (Phi) is 3.46. The zero-order valence-corrected chi connectivity index (χ0v) is 8.86. The maximum Gasteiger partial charge on any atom is 0.355 e. The molecular formula is C9H14O2Si. The van der Waals surface area contributed by atoms with E-state index in [1.807, 2.05) is 0 Å². The zero-order valence-electron chi connectivity index (χ0n) is 7.70. The minimum atomic E-state index is -1.57. The van der Waals surface area contributed by atoms with E-state index in [1.54, 1.807) is 14.2 Å². The molecule has 1 aromatic rings. The van der Waals surface area contributed by atoms with Crippen molar-refractivity contribution in [3.05, 3.63) is 29.8 Å². The number of hydrogen-bond donors (Lipinski definition) is 0. The fraction of sp³-hybridized carbons (Fsp3) is 0.333. The van der Waals surface area contributed by atoms with Crippen molar-refractivity contribution in [2.45, 2.75) is 6.92 Å². The highest BCUT2D eigenvalue weighted by Crippen LogP contribution is 1.95. The molecule has 0 N–H and O–H groups in total. The summed E-state index contributed by atoms with van der Waals surface area (Å²) in [5, 5.41) is 1.19. The quantitative estimate of drug-likeness (QED) is 0.641. The SMILES string of the molecule is CO[SiH](OC)c1ccc(C)cc1. The summed E-state index contributed by atoms with van der Waals surface area (Å²) in [7, 11) is 1.82. The lowest BCUT2D eigenvalue weighted by Gasteiger charge is -2.10. The highest BCUT2D eigenvalue weighted by molar-refractivity contribution is 6.61. The Morgan fingerprint density at radius 2 is 1.50 bits per heavy atom. The first-order valence-electron chi connectivity index (χ1n) is 3.90. The number of benzene rings is 1. The molecule has 1 aromatic carbocycles. The monoisotopic (exact) mass is 182 g/mol. The van der Waals surface area contributed by atoms with Gasteiger partial charge in [0.1, 0.15) is 0 Å². The normalized spacial score (nSPS) is 10.7. The fourth-order valence-corrected chi connectivity index (χ4v) is 2.34. The maximum atomic E-state index is 5.24. The van der Waals surface area contributed by atoms with Crippen molar-refractivity contribution in [1.82, 2.24) is 0 Å². The van der Waals surface area contributed by atoms with E-state index in [2.05, 4.69) is 31.2 Å². The van der Waals surface area contributed by atoms with Crippen molar-refractivity contribution in [2.24, 2.45) is 0 Å². The van der Waals surface area contributed by atoms with Gasteiger partial charge in [-0.05, 0) is 12.1 Å². The molecule has 0 aromatic heterocycles. The average molecular weight is 182 g/mol. The molecule has 0 amide bonds. The molecule has 0 aliphatic heterocycles. The van der Waals surface area contributed by atoms with Crippen molar-refractivity contribution < 1.29 is 8.85 Å². The molecule has 0 atom stereocenters. The third kappa shape index (κ3) is 2.17. The van der Waals surface area contributed by atoms with E-state index in [4.69, 9.17) is 8.85 Å². The molecule has 0 saturated heterocycles. The third-order valence-corrected chi connectivity index (χ3v) is 3.56. The lowest BCUT2D eigenvalue weighted by atomic mass is 10.2. The fourth-order valence-electron chi connectivity index (χ4n) is 1.09. The number of aryl methyl sites for hydroxylation is 1. The average Bonchev–Trinajstić information content (AvgIpc) is 2.10. The van der Waals surface area contributed by atoms with Crippen molar-refractivity contribution >= 4 is 14.5 Å². The molecule has 2 nitrogen and oxygen atoms in total. The van der Waals surface area contributed by atoms with Crippen LogP contribution >= 0.6 is 0 Å². The summed E-state index contributed by atoms with van der Waals surface area (Å²) in [6.45, 7) is 2.07. The Balaban J connectivity index is 2.80. The Morgan fingerprint density at radius 3 is 1.92 bits per heavy atom. The summed E-state index contributed by atoms with van der Waals surface area (Å²) in [5.74, 6) is 0. The van der Waals surface area contributed by atoms with E-state index >= 15 is 0 Å². The van der Waals surface area contributed by atoms with Crippen LogP contribution < -0.4 is 5.19 Å². The summed E-state index contributed by atoms with van der Waals surface area (Å²) in [4.78, 5) is 0. The van der Waals surface area contributed by atoms with Crippen LogP contribution in [0.1, 0.15) is 5.56 Å². The van der Waals surface area contributed by atoms with Gasteiger partial charge in [-0.3, -0.25) is 0 Å². The van der Waals surface area contributed by atoms with Crippen LogP contribution in [0, 0.1) is 6.92 Å². The molecule has 0 spiro atoms. The zero-order chi connectivity index (χ0) is 8.97. The molecule has 12 heavy (non-hydrogen) atoms. The molecule has 3 heteroatoms. The van der Waals surface area contributed by atoms with Crippen molar-refractivity contribution in [3.63, 3.8) is 0 Å². The van der Waals surface area contributed by atoms with Crippen LogP contribution in [0.25, 0.3) is 0 Å². The molecule has 1 rings (SSSR count). The molecule has 0 radical (unpaired) electrons. The standard InChI is InChI=1S/C9H14O2Si/c1-8-4-6-9(7-5-8)12(10-2)11-3/h4-7,12H,1-3H3. The lowest BCUT2D eigenvalue weighted by molar-refractivity contribution is 0.292. The first-order chi connectivity index (χ1) is 5.77. The van der Waals surface area contributed by atoms with Gasteiger partial charge in [-0.1, -0.05) is 29.8 Å². The van der Waals surface area contributed by atoms with Crippen molar-refractivity contribution in [2.75, 3.05) is 14.2 Å². The first kappa shape index (κ1) is 9.44. The van der Waals surface area contributed by atoms with Crippen LogP contribution in [0.4, 0.5) is 0 Å². The van der Waals surface area contributed by atoms with E-state index in [0.29, 0.717) is 0 Å². The molecule has 0 fully saturated rings. The molecule has 0 aliphatic carbocycles. The Labute approximate surface area is 75.0 Å². The number of hydrogen-bond acceptors (Lipinski definition) is 2. The minimum absolute atomic E-state index is 1.19. The molecule has 66 valence electrons. The van der Waals surface area contributed by atoms with Gasteiger partial charge < -0.3 is 8.85 Å². The second kappa shape index (κ2) is 4.40. The third-order valence-electron chi connectivity index (χ3n) is 1.78. The number of rotatable bonds is 3. The van der Waals surface area contributed by atoms with Crippen LogP contribution in [-0.2, 0) is 8.85 Å². The van der Waals surface area contributed by atoms with Gasteiger partial charge in [-0.25, -0.2) is 0 Å². The molecule has 0 aliphatic rings. The second-order valence-electron chi connectivity index (χ2n) is 2.71. The summed E-state index contributed by atoms with van der Waals surface area (Å²) in [5.41, 5.74) is 1.26. The van der Waals surface area contributed by atoms with Gasteiger partial charge >= 0.3 is 9.28 Å². The Bertz CT molecular complexity index is 229. The van der Waals surface area contributed by atoms with E-state index in [0.717, 1.165) is 0 Å². The highest BCUT2D eigenvalue weighted by Gasteiger charge is 2.11. The van der Waals surface area contributed by atoms with Gasteiger partial charge in [0.25, 0.3) is 0 Å². The van der Waals surface area contributed by atoms with Crippen LogP contribution in [0.5, 0.6) is 0 Å².